The van der Waals surface area contributed by atoms with Gasteiger partial charge in [0.25, 0.3) is 0 Å². The van der Waals surface area contributed by atoms with E-state index in [9.17, 15) is 21.6 Å². The molecule has 3 aromatic carbocycles. The predicted octanol–water partition coefficient (Wildman–Crippen LogP) is 6.38. The first-order chi connectivity index (χ1) is 14.7. The van der Waals surface area contributed by atoms with Crippen LogP contribution in [0.4, 0.5) is 13.2 Å². The Kier molecular flexibility index (Phi) is 5.31. The van der Waals surface area contributed by atoms with Gasteiger partial charge in [-0.3, -0.25) is 0 Å². The number of alkyl halides is 3. The minimum absolute atomic E-state index is 0.0695. The second-order valence-electron chi connectivity index (χ2n) is 7.02. The van der Waals surface area contributed by atoms with Gasteiger partial charge >= 0.3 is 6.18 Å². The van der Waals surface area contributed by atoms with Gasteiger partial charge in [-0.05, 0) is 17.7 Å². The summed E-state index contributed by atoms with van der Waals surface area (Å²) in [5.41, 5.74) is 0.582. The van der Waals surface area contributed by atoms with E-state index in [1.54, 1.807) is 54.6 Å². The van der Waals surface area contributed by atoms with Crippen LogP contribution < -0.4 is 0 Å². The highest BCUT2D eigenvalue weighted by molar-refractivity contribution is 7.91. The molecule has 4 rings (SSSR count). The first kappa shape index (κ1) is 21.1. The second kappa shape index (κ2) is 7.81. The molecule has 0 amide bonds. The zero-order valence-electron chi connectivity index (χ0n) is 16.5. The fourth-order valence-electron chi connectivity index (χ4n) is 3.59. The Balaban J connectivity index is 2.04. The highest BCUT2D eigenvalue weighted by atomic mass is 32.2. The third-order valence-corrected chi connectivity index (χ3v) is 6.91. The summed E-state index contributed by atoms with van der Waals surface area (Å²) in [5, 5.41) is 0.331. The van der Waals surface area contributed by atoms with Crippen molar-refractivity contribution in [2.75, 3.05) is 5.75 Å². The lowest BCUT2D eigenvalue weighted by molar-refractivity contribution is -0.136. The van der Waals surface area contributed by atoms with E-state index in [4.69, 9.17) is 0 Å². The van der Waals surface area contributed by atoms with Gasteiger partial charge < -0.3 is 0 Å². The largest absolute Gasteiger partial charge is 0.418 e. The minimum atomic E-state index is -4.57. The quantitative estimate of drug-likeness (QED) is 0.369. The smallest absolute Gasteiger partial charge is 0.247 e. The number of hydrogen-bond donors (Lipinski definition) is 0. The Morgan fingerprint density at radius 2 is 1.48 bits per heavy atom. The molecule has 0 saturated heterocycles. The van der Waals surface area contributed by atoms with Crippen LogP contribution in [0.15, 0.2) is 83.8 Å². The lowest BCUT2D eigenvalue weighted by Gasteiger charge is -2.16. The standard InChI is InChI=1S/C24H18F3NO2S/c1-2-31(29,30)23-18(16-8-4-3-5-9-16)11-7-12-19(23)21-15-14-17-10-6-13-20(22(17)28-21)24(25,26)27/h3-15H,2H2,1H3. The number of para-hydroxylation sites is 1. The molecule has 0 unspecified atom stereocenters. The molecule has 0 bridgehead atoms. The summed E-state index contributed by atoms with van der Waals surface area (Å²) in [5.74, 6) is -0.148. The number of nitrogens with zero attached hydrogens (tertiary/aromatic N) is 1. The van der Waals surface area contributed by atoms with Gasteiger partial charge in [0.1, 0.15) is 0 Å². The van der Waals surface area contributed by atoms with Gasteiger partial charge in [-0.25, -0.2) is 13.4 Å². The summed E-state index contributed by atoms with van der Waals surface area (Å²) >= 11 is 0. The van der Waals surface area contributed by atoms with Crippen LogP contribution in [0.1, 0.15) is 12.5 Å². The predicted molar refractivity (Wildman–Crippen MR) is 115 cm³/mol. The molecular formula is C24H18F3NO2S. The van der Waals surface area contributed by atoms with E-state index in [-0.39, 0.29) is 27.4 Å². The van der Waals surface area contributed by atoms with Crippen molar-refractivity contribution in [3.63, 3.8) is 0 Å². The van der Waals surface area contributed by atoms with Crippen LogP contribution in [0, 0.1) is 0 Å². The van der Waals surface area contributed by atoms with E-state index >= 15 is 0 Å². The Morgan fingerprint density at radius 1 is 0.806 bits per heavy atom. The fourth-order valence-corrected chi connectivity index (χ4v) is 4.91. The molecule has 0 fully saturated rings. The van der Waals surface area contributed by atoms with Crippen molar-refractivity contribution in [1.82, 2.24) is 4.98 Å². The summed E-state index contributed by atoms with van der Waals surface area (Å²) < 4.78 is 66.7. The Morgan fingerprint density at radius 3 is 2.16 bits per heavy atom. The van der Waals surface area contributed by atoms with E-state index in [1.165, 1.54) is 19.1 Å². The summed E-state index contributed by atoms with van der Waals surface area (Å²) in [6, 6.07) is 20.9. The van der Waals surface area contributed by atoms with E-state index in [2.05, 4.69) is 4.98 Å². The van der Waals surface area contributed by atoms with Crippen LogP contribution in [0.3, 0.4) is 0 Å². The number of halogens is 3. The summed E-state index contributed by atoms with van der Waals surface area (Å²) in [7, 11) is -3.71. The van der Waals surface area contributed by atoms with Gasteiger partial charge in [0.15, 0.2) is 9.84 Å². The lowest BCUT2D eigenvalue weighted by Crippen LogP contribution is -2.09. The number of sulfone groups is 1. The third kappa shape index (κ3) is 3.93. The van der Waals surface area contributed by atoms with Crippen molar-refractivity contribution in [2.24, 2.45) is 0 Å². The van der Waals surface area contributed by atoms with Crippen LogP contribution in [0.2, 0.25) is 0 Å². The van der Waals surface area contributed by atoms with Crippen LogP contribution in [0.5, 0.6) is 0 Å². The average molecular weight is 441 g/mol. The molecule has 1 heterocycles. The van der Waals surface area contributed by atoms with E-state index in [0.29, 0.717) is 16.5 Å². The van der Waals surface area contributed by atoms with Gasteiger partial charge in [0.2, 0.25) is 0 Å². The maximum atomic E-state index is 13.5. The monoisotopic (exact) mass is 441 g/mol. The molecular weight excluding hydrogens is 423 g/mol. The Bertz CT molecular complexity index is 1360. The lowest BCUT2D eigenvalue weighted by atomic mass is 10.0. The summed E-state index contributed by atoms with van der Waals surface area (Å²) in [4.78, 5) is 4.34. The van der Waals surface area contributed by atoms with Crippen molar-refractivity contribution in [1.29, 1.82) is 0 Å². The topological polar surface area (TPSA) is 47.0 Å². The third-order valence-electron chi connectivity index (χ3n) is 5.09. The molecule has 0 aliphatic carbocycles. The average Bonchev–Trinajstić information content (AvgIpc) is 2.77. The molecule has 31 heavy (non-hydrogen) atoms. The molecule has 0 saturated carbocycles. The van der Waals surface area contributed by atoms with Crippen LogP contribution in [-0.4, -0.2) is 19.2 Å². The number of aromatic nitrogens is 1. The van der Waals surface area contributed by atoms with Gasteiger partial charge in [-0.2, -0.15) is 13.2 Å². The van der Waals surface area contributed by atoms with Crippen molar-refractivity contribution in [3.05, 3.63) is 84.4 Å². The number of benzene rings is 3. The van der Waals surface area contributed by atoms with Crippen molar-refractivity contribution in [2.45, 2.75) is 18.0 Å². The number of pyridine rings is 1. The number of hydrogen-bond acceptors (Lipinski definition) is 3. The molecule has 3 nitrogen and oxygen atoms in total. The van der Waals surface area contributed by atoms with E-state index in [1.807, 2.05) is 6.07 Å². The number of rotatable bonds is 4. The van der Waals surface area contributed by atoms with Gasteiger partial charge in [0.05, 0.1) is 27.4 Å². The summed E-state index contributed by atoms with van der Waals surface area (Å²) in [6.45, 7) is 1.54. The second-order valence-corrected chi connectivity index (χ2v) is 9.24. The van der Waals surface area contributed by atoms with Crippen LogP contribution in [-0.2, 0) is 16.0 Å². The highest BCUT2D eigenvalue weighted by Gasteiger charge is 2.33. The van der Waals surface area contributed by atoms with Crippen molar-refractivity contribution in [3.8, 4) is 22.4 Å². The minimum Gasteiger partial charge on any atom is -0.247 e. The normalized spacial score (nSPS) is 12.3. The van der Waals surface area contributed by atoms with E-state index in [0.717, 1.165) is 6.07 Å². The van der Waals surface area contributed by atoms with Gasteiger partial charge in [-0.15, -0.1) is 0 Å². The Hall–Kier alpha value is -3.19. The molecule has 0 atom stereocenters. The summed E-state index contributed by atoms with van der Waals surface area (Å²) in [6.07, 6.45) is -4.57. The molecule has 0 spiro atoms. The molecule has 1 aromatic heterocycles. The van der Waals surface area contributed by atoms with Crippen molar-refractivity contribution >= 4 is 20.7 Å². The van der Waals surface area contributed by atoms with Crippen LogP contribution >= 0.6 is 0 Å². The molecule has 4 aromatic rings. The molecule has 0 N–H and O–H groups in total. The fraction of sp³-hybridized carbons (Fsp3) is 0.125. The zero-order chi connectivity index (χ0) is 22.2. The first-order valence-electron chi connectivity index (χ1n) is 9.61. The van der Waals surface area contributed by atoms with Crippen molar-refractivity contribution < 1.29 is 21.6 Å². The molecule has 0 radical (unpaired) electrons. The molecule has 7 heteroatoms. The number of fused-ring (bicyclic) bond motifs is 1. The zero-order valence-corrected chi connectivity index (χ0v) is 17.3. The van der Waals surface area contributed by atoms with Gasteiger partial charge in [-0.1, -0.05) is 73.7 Å². The maximum absolute atomic E-state index is 13.5. The molecule has 0 aliphatic rings. The highest BCUT2D eigenvalue weighted by Crippen LogP contribution is 2.38. The molecule has 0 aliphatic heterocycles. The Labute approximate surface area is 178 Å². The maximum Gasteiger partial charge on any atom is 0.418 e. The van der Waals surface area contributed by atoms with Crippen LogP contribution in [0.25, 0.3) is 33.3 Å². The first-order valence-corrected chi connectivity index (χ1v) is 11.3. The SMILES string of the molecule is CCS(=O)(=O)c1c(-c2ccccc2)cccc1-c1ccc2cccc(C(F)(F)F)c2n1. The van der Waals surface area contributed by atoms with Gasteiger partial charge in [0, 0.05) is 16.5 Å². The van der Waals surface area contributed by atoms with E-state index < -0.39 is 21.6 Å². The molecule has 158 valence electrons.